The molecule has 0 aliphatic heterocycles. The Hall–Kier alpha value is -3.22. The van der Waals surface area contributed by atoms with E-state index in [1.807, 2.05) is 0 Å². The number of nitrogens with one attached hydrogen (secondary N) is 1. The van der Waals surface area contributed by atoms with Gasteiger partial charge in [-0.15, -0.1) is 0 Å². The lowest BCUT2D eigenvalue weighted by molar-refractivity contribution is -0.115. The number of aromatic carboxylic acids is 1. The van der Waals surface area contributed by atoms with Crippen molar-refractivity contribution in [3.8, 4) is 17.2 Å². The predicted molar refractivity (Wildman–Crippen MR) is 86.9 cm³/mol. The lowest BCUT2D eigenvalue weighted by Gasteiger charge is -2.11. The van der Waals surface area contributed by atoms with Crippen molar-refractivity contribution < 1.29 is 29.3 Å². The van der Waals surface area contributed by atoms with E-state index in [0.717, 1.165) is 6.07 Å². The molecule has 24 heavy (non-hydrogen) atoms. The average Bonchev–Trinajstić information content (AvgIpc) is 2.56. The second-order valence-corrected chi connectivity index (χ2v) is 4.95. The van der Waals surface area contributed by atoms with Gasteiger partial charge in [-0.2, -0.15) is 0 Å². The third kappa shape index (κ3) is 3.95. The Balaban J connectivity index is 2.16. The van der Waals surface area contributed by atoms with Gasteiger partial charge in [-0.3, -0.25) is 4.79 Å². The average molecular weight is 331 g/mol. The van der Waals surface area contributed by atoms with Crippen LogP contribution in [0.2, 0.25) is 0 Å². The molecule has 2 aromatic carbocycles. The predicted octanol–water partition coefficient (Wildman–Crippen LogP) is 2.29. The van der Waals surface area contributed by atoms with E-state index in [-0.39, 0.29) is 23.4 Å². The number of hydrogen-bond acceptors (Lipinski definition) is 5. The maximum atomic E-state index is 12.2. The molecule has 0 bridgehead atoms. The molecule has 3 N–H and O–H groups in total. The van der Waals surface area contributed by atoms with Crippen LogP contribution in [-0.2, 0) is 11.2 Å². The number of aromatic hydroxyl groups is 1. The quantitative estimate of drug-likeness (QED) is 0.702. The van der Waals surface area contributed by atoms with Crippen molar-refractivity contribution in [2.45, 2.75) is 6.42 Å². The van der Waals surface area contributed by atoms with E-state index >= 15 is 0 Å². The van der Waals surface area contributed by atoms with E-state index in [9.17, 15) is 14.7 Å². The molecular weight excluding hydrogens is 314 g/mol. The van der Waals surface area contributed by atoms with Crippen LogP contribution in [0.25, 0.3) is 0 Å². The van der Waals surface area contributed by atoms with Crippen LogP contribution >= 0.6 is 0 Å². The Labute approximate surface area is 138 Å². The van der Waals surface area contributed by atoms with Crippen molar-refractivity contribution in [1.29, 1.82) is 0 Å². The van der Waals surface area contributed by atoms with Crippen molar-refractivity contribution in [2.75, 3.05) is 19.5 Å². The highest BCUT2D eigenvalue weighted by atomic mass is 16.5. The Morgan fingerprint density at radius 3 is 2.38 bits per heavy atom. The summed E-state index contributed by atoms with van der Waals surface area (Å²) in [5, 5.41) is 21.0. The molecule has 0 fully saturated rings. The number of benzene rings is 2. The summed E-state index contributed by atoms with van der Waals surface area (Å²) in [6.45, 7) is 0. The normalized spacial score (nSPS) is 10.1. The number of hydrogen-bond donors (Lipinski definition) is 3. The van der Waals surface area contributed by atoms with Crippen LogP contribution in [0.1, 0.15) is 15.9 Å². The number of amides is 1. The van der Waals surface area contributed by atoms with Crippen molar-refractivity contribution in [2.24, 2.45) is 0 Å². The third-order valence-electron chi connectivity index (χ3n) is 3.32. The molecule has 0 unspecified atom stereocenters. The summed E-state index contributed by atoms with van der Waals surface area (Å²) in [4.78, 5) is 23.3. The summed E-state index contributed by atoms with van der Waals surface area (Å²) in [6.07, 6.45) is 0.0281. The van der Waals surface area contributed by atoms with Crippen molar-refractivity contribution in [3.63, 3.8) is 0 Å². The van der Waals surface area contributed by atoms with Gasteiger partial charge in [0.2, 0.25) is 5.91 Å². The largest absolute Gasteiger partial charge is 0.508 e. The van der Waals surface area contributed by atoms with Crippen LogP contribution < -0.4 is 14.8 Å². The van der Waals surface area contributed by atoms with Crippen molar-refractivity contribution in [3.05, 3.63) is 47.5 Å². The monoisotopic (exact) mass is 331 g/mol. The maximum absolute atomic E-state index is 12.2. The molecule has 0 aromatic heterocycles. The number of carbonyl (C=O) groups is 2. The van der Waals surface area contributed by atoms with Gasteiger partial charge in [0.05, 0.1) is 31.9 Å². The first kappa shape index (κ1) is 17.1. The molecule has 0 heterocycles. The number of anilines is 1. The minimum atomic E-state index is -1.24. The molecule has 0 radical (unpaired) electrons. The molecule has 0 saturated carbocycles. The molecule has 1 amide bonds. The second-order valence-electron chi connectivity index (χ2n) is 4.95. The lowest BCUT2D eigenvalue weighted by atomic mass is 10.1. The summed E-state index contributed by atoms with van der Waals surface area (Å²) < 4.78 is 10.3. The van der Waals surface area contributed by atoms with Crippen LogP contribution in [0.15, 0.2) is 36.4 Å². The number of phenols is 1. The van der Waals surface area contributed by atoms with Gasteiger partial charge in [-0.1, -0.05) is 6.07 Å². The van der Waals surface area contributed by atoms with E-state index < -0.39 is 11.9 Å². The van der Waals surface area contributed by atoms with E-state index in [1.54, 1.807) is 18.2 Å². The summed E-state index contributed by atoms with van der Waals surface area (Å²) in [6, 6.07) is 8.80. The number of carbonyl (C=O) groups excluding carboxylic acids is 1. The number of carboxylic acid groups (broad SMARTS) is 1. The topological polar surface area (TPSA) is 105 Å². The standard InChI is InChI=1S/C17H17NO6/c1-23-14-6-3-10(7-15(14)24-2)8-16(20)18-13-5-4-11(19)9-12(13)17(21)22/h3-7,9,19H,8H2,1-2H3,(H,18,20)(H,21,22). The smallest absolute Gasteiger partial charge is 0.337 e. The molecule has 0 spiro atoms. The highest BCUT2D eigenvalue weighted by Crippen LogP contribution is 2.28. The first-order valence-corrected chi connectivity index (χ1v) is 7.01. The molecule has 7 heteroatoms. The molecule has 2 aromatic rings. The highest BCUT2D eigenvalue weighted by molar-refractivity contribution is 6.01. The van der Waals surface area contributed by atoms with Gasteiger partial charge in [0, 0.05) is 0 Å². The van der Waals surface area contributed by atoms with Crippen molar-refractivity contribution in [1.82, 2.24) is 0 Å². The van der Waals surface area contributed by atoms with Crippen LogP contribution in [0.5, 0.6) is 17.2 Å². The molecule has 0 atom stereocenters. The third-order valence-corrected chi connectivity index (χ3v) is 3.32. The van der Waals surface area contributed by atoms with E-state index in [0.29, 0.717) is 17.1 Å². The highest BCUT2D eigenvalue weighted by Gasteiger charge is 2.14. The molecule has 0 aliphatic rings. The van der Waals surface area contributed by atoms with Gasteiger partial charge in [0.1, 0.15) is 5.75 Å². The fraction of sp³-hybridized carbons (Fsp3) is 0.176. The molecule has 0 saturated heterocycles. The van der Waals surface area contributed by atoms with E-state index in [1.165, 1.54) is 26.4 Å². The van der Waals surface area contributed by atoms with Gasteiger partial charge < -0.3 is 25.0 Å². The van der Waals surface area contributed by atoms with Crippen LogP contribution in [0, 0.1) is 0 Å². The SMILES string of the molecule is COc1ccc(CC(=O)Nc2ccc(O)cc2C(=O)O)cc1OC. The number of rotatable bonds is 6. The Kier molecular flexibility index (Phi) is 5.26. The number of methoxy groups -OCH3 is 2. The zero-order valence-electron chi connectivity index (χ0n) is 13.2. The minimum Gasteiger partial charge on any atom is -0.508 e. The van der Waals surface area contributed by atoms with Gasteiger partial charge in [-0.05, 0) is 35.9 Å². The number of phenolic OH excluding ortho intramolecular Hbond substituents is 1. The lowest BCUT2D eigenvalue weighted by Crippen LogP contribution is -2.16. The fourth-order valence-electron chi connectivity index (χ4n) is 2.19. The summed E-state index contributed by atoms with van der Waals surface area (Å²) in [7, 11) is 3.01. The van der Waals surface area contributed by atoms with Crippen LogP contribution in [-0.4, -0.2) is 36.3 Å². The molecule has 0 aliphatic carbocycles. The minimum absolute atomic E-state index is 0.0281. The summed E-state index contributed by atoms with van der Waals surface area (Å²) in [5.41, 5.74) is 0.613. The molecule has 7 nitrogen and oxygen atoms in total. The Morgan fingerprint density at radius 1 is 1.04 bits per heavy atom. The van der Waals surface area contributed by atoms with Crippen LogP contribution in [0.4, 0.5) is 5.69 Å². The first-order chi connectivity index (χ1) is 11.4. The zero-order chi connectivity index (χ0) is 17.7. The number of carboxylic acids is 1. The molecule has 2 rings (SSSR count). The molecule has 126 valence electrons. The van der Waals surface area contributed by atoms with Crippen molar-refractivity contribution >= 4 is 17.6 Å². The molecular formula is C17H17NO6. The zero-order valence-corrected chi connectivity index (χ0v) is 13.2. The first-order valence-electron chi connectivity index (χ1n) is 7.01. The van der Waals surface area contributed by atoms with E-state index in [4.69, 9.17) is 14.6 Å². The van der Waals surface area contributed by atoms with Gasteiger partial charge in [0.15, 0.2) is 11.5 Å². The number of ether oxygens (including phenoxy) is 2. The second kappa shape index (κ2) is 7.36. The maximum Gasteiger partial charge on any atom is 0.337 e. The Morgan fingerprint density at radius 2 is 1.75 bits per heavy atom. The summed E-state index contributed by atoms with van der Waals surface area (Å²) >= 11 is 0. The van der Waals surface area contributed by atoms with Crippen LogP contribution in [0.3, 0.4) is 0 Å². The fourth-order valence-corrected chi connectivity index (χ4v) is 2.19. The van der Waals surface area contributed by atoms with Gasteiger partial charge in [-0.25, -0.2) is 4.79 Å². The van der Waals surface area contributed by atoms with Gasteiger partial charge >= 0.3 is 5.97 Å². The van der Waals surface area contributed by atoms with E-state index in [2.05, 4.69) is 5.32 Å². The van der Waals surface area contributed by atoms with Gasteiger partial charge in [0.25, 0.3) is 0 Å². The Bertz CT molecular complexity index is 772. The summed E-state index contributed by atoms with van der Waals surface area (Å²) in [5.74, 6) is -0.778.